The highest BCUT2D eigenvalue weighted by atomic mass is 14.9. The smallest absolute Gasteiger partial charge is 0.0341 e. The molecular weight excluding hydrogens is 234 g/mol. The van der Waals surface area contributed by atoms with Crippen LogP contribution in [-0.2, 0) is 6.42 Å². The molecule has 2 aromatic heterocycles. The third kappa shape index (κ3) is 3.86. The summed E-state index contributed by atoms with van der Waals surface area (Å²) in [6, 6.07) is 6.61. The van der Waals surface area contributed by atoms with Gasteiger partial charge in [-0.1, -0.05) is 6.92 Å². The van der Waals surface area contributed by atoms with Crippen LogP contribution >= 0.6 is 0 Å². The lowest BCUT2D eigenvalue weighted by atomic mass is 9.97. The van der Waals surface area contributed by atoms with Crippen LogP contribution in [0.25, 0.3) is 0 Å². The van der Waals surface area contributed by atoms with Gasteiger partial charge < -0.3 is 5.32 Å². The molecule has 0 radical (unpaired) electrons. The predicted octanol–water partition coefficient (Wildman–Crippen LogP) is 3.07. The van der Waals surface area contributed by atoms with Crippen molar-refractivity contribution >= 4 is 0 Å². The van der Waals surface area contributed by atoms with Crippen molar-refractivity contribution in [3.63, 3.8) is 0 Å². The minimum atomic E-state index is 0.367. The van der Waals surface area contributed by atoms with Gasteiger partial charge in [-0.3, -0.25) is 9.97 Å². The van der Waals surface area contributed by atoms with Gasteiger partial charge in [-0.25, -0.2) is 0 Å². The molecular formula is C16H21N3. The van der Waals surface area contributed by atoms with Crippen LogP contribution in [0.2, 0.25) is 0 Å². The highest BCUT2D eigenvalue weighted by Crippen LogP contribution is 2.21. The van der Waals surface area contributed by atoms with Crippen LogP contribution in [0.4, 0.5) is 0 Å². The van der Waals surface area contributed by atoms with Gasteiger partial charge in [0.2, 0.25) is 0 Å². The summed E-state index contributed by atoms with van der Waals surface area (Å²) in [5.74, 6) is 0. The molecule has 3 heteroatoms. The largest absolute Gasteiger partial charge is 0.310 e. The van der Waals surface area contributed by atoms with Crippen molar-refractivity contribution in [2.24, 2.45) is 0 Å². The third-order valence-corrected chi connectivity index (χ3v) is 3.38. The Hall–Kier alpha value is -1.74. The molecule has 1 N–H and O–H groups in total. The van der Waals surface area contributed by atoms with E-state index in [-0.39, 0.29) is 0 Å². The summed E-state index contributed by atoms with van der Waals surface area (Å²) in [6.07, 6.45) is 9.67. The molecule has 19 heavy (non-hydrogen) atoms. The van der Waals surface area contributed by atoms with Gasteiger partial charge in [0.15, 0.2) is 0 Å². The zero-order valence-corrected chi connectivity index (χ0v) is 11.6. The van der Waals surface area contributed by atoms with Crippen LogP contribution in [0.3, 0.4) is 0 Å². The Kier molecular flexibility index (Phi) is 5.04. The maximum absolute atomic E-state index is 4.25. The number of pyridine rings is 2. The van der Waals surface area contributed by atoms with E-state index in [1.165, 1.54) is 16.7 Å². The van der Waals surface area contributed by atoms with E-state index < -0.39 is 0 Å². The van der Waals surface area contributed by atoms with Crippen molar-refractivity contribution in [3.05, 3.63) is 59.7 Å². The van der Waals surface area contributed by atoms with Crippen LogP contribution in [-0.4, -0.2) is 16.5 Å². The van der Waals surface area contributed by atoms with E-state index in [1.54, 1.807) is 0 Å². The Labute approximate surface area is 115 Å². The number of nitrogens with zero attached hydrogens (tertiary/aromatic N) is 2. The summed E-state index contributed by atoms with van der Waals surface area (Å²) in [5, 5.41) is 3.55. The number of hydrogen-bond donors (Lipinski definition) is 1. The maximum Gasteiger partial charge on any atom is 0.0341 e. The Bertz CT molecular complexity index is 496. The van der Waals surface area contributed by atoms with Crippen LogP contribution in [0.5, 0.6) is 0 Å². The van der Waals surface area contributed by atoms with Gasteiger partial charge in [0.25, 0.3) is 0 Å². The fourth-order valence-corrected chi connectivity index (χ4v) is 2.32. The molecule has 2 aromatic rings. The summed E-state index contributed by atoms with van der Waals surface area (Å²) in [6.45, 7) is 5.26. The summed E-state index contributed by atoms with van der Waals surface area (Å²) in [4.78, 5) is 8.31. The van der Waals surface area contributed by atoms with Gasteiger partial charge in [0, 0.05) is 30.8 Å². The van der Waals surface area contributed by atoms with Crippen LogP contribution in [0.1, 0.15) is 36.1 Å². The summed E-state index contributed by atoms with van der Waals surface area (Å²) in [5.41, 5.74) is 3.94. The second-order valence-electron chi connectivity index (χ2n) is 4.74. The first kappa shape index (κ1) is 13.7. The van der Waals surface area contributed by atoms with E-state index in [1.807, 2.05) is 24.8 Å². The maximum atomic E-state index is 4.25. The molecule has 1 unspecified atom stereocenters. The second kappa shape index (κ2) is 7.00. The monoisotopic (exact) mass is 255 g/mol. The van der Waals surface area contributed by atoms with E-state index >= 15 is 0 Å². The third-order valence-electron chi connectivity index (χ3n) is 3.38. The lowest BCUT2D eigenvalue weighted by Gasteiger charge is -2.19. The van der Waals surface area contributed by atoms with Gasteiger partial charge in [0.1, 0.15) is 0 Å². The molecule has 3 nitrogen and oxygen atoms in total. The predicted molar refractivity (Wildman–Crippen MR) is 77.9 cm³/mol. The molecule has 2 heterocycles. The van der Waals surface area contributed by atoms with Gasteiger partial charge in [-0.2, -0.15) is 0 Å². The van der Waals surface area contributed by atoms with Crippen LogP contribution in [0.15, 0.2) is 43.0 Å². The Morgan fingerprint density at radius 1 is 1.11 bits per heavy atom. The van der Waals surface area contributed by atoms with Gasteiger partial charge >= 0.3 is 0 Å². The summed E-state index contributed by atoms with van der Waals surface area (Å²) >= 11 is 0. The number of aryl methyl sites for hydroxylation is 2. The Morgan fingerprint density at radius 2 is 1.84 bits per heavy atom. The van der Waals surface area contributed by atoms with Crippen molar-refractivity contribution in [1.29, 1.82) is 0 Å². The SMILES string of the molecule is CCNC(CCc1ccncc1)c1cnccc1C. The molecule has 0 saturated heterocycles. The molecule has 100 valence electrons. The normalized spacial score (nSPS) is 12.3. The van der Waals surface area contributed by atoms with Crippen molar-refractivity contribution in [2.75, 3.05) is 6.54 Å². The molecule has 0 aliphatic heterocycles. The summed E-state index contributed by atoms with van der Waals surface area (Å²) in [7, 11) is 0. The second-order valence-corrected chi connectivity index (χ2v) is 4.74. The average Bonchev–Trinajstić information content (AvgIpc) is 2.45. The van der Waals surface area contributed by atoms with Crippen LogP contribution < -0.4 is 5.32 Å². The lowest BCUT2D eigenvalue weighted by molar-refractivity contribution is 0.512. The molecule has 0 fully saturated rings. The van der Waals surface area contributed by atoms with Gasteiger partial charge in [-0.15, -0.1) is 0 Å². The van der Waals surface area contributed by atoms with Crippen LogP contribution in [0, 0.1) is 6.92 Å². The molecule has 0 aromatic carbocycles. The number of rotatable bonds is 6. The first-order chi connectivity index (χ1) is 9.31. The van der Waals surface area contributed by atoms with Crippen molar-refractivity contribution in [1.82, 2.24) is 15.3 Å². The lowest BCUT2D eigenvalue weighted by Crippen LogP contribution is -2.22. The minimum Gasteiger partial charge on any atom is -0.310 e. The Balaban J connectivity index is 2.07. The fraction of sp³-hybridized carbons (Fsp3) is 0.375. The highest BCUT2D eigenvalue weighted by molar-refractivity contribution is 5.25. The van der Waals surface area contributed by atoms with E-state index in [0.717, 1.165) is 19.4 Å². The van der Waals surface area contributed by atoms with E-state index in [4.69, 9.17) is 0 Å². The topological polar surface area (TPSA) is 37.8 Å². The van der Waals surface area contributed by atoms with Gasteiger partial charge in [0.05, 0.1) is 0 Å². The molecule has 0 aliphatic rings. The first-order valence-corrected chi connectivity index (χ1v) is 6.84. The van der Waals surface area contributed by atoms with E-state index in [9.17, 15) is 0 Å². The summed E-state index contributed by atoms with van der Waals surface area (Å²) < 4.78 is 0. The van der Waals surface area contributed by atoms with Crippen molar-refractivity contribution in [2.45, 2.75) is 32.7 Å². The zero-order chi connectivity index (χ0) is 13.5. The van der Waals surface area contributed by atoms with E-state index in [2.05, 4.69) is 47.3 Å². The number of hydrogen-bond acceptors (Lipinski definition) is 3. The standard InChI is InChI=1S/C16H21N3/c1-3-19-16(15-12-18-9-6-13(15)2)5-4-14-7-10-17-11-8-14/h6-12,16,19H,3-5H2,1-2H3. The van der Waals surface area contributed by atoms with Crippen molar-refractivity contribution < 1.29 is 0 Å². The first-order valence-electron chi connectivity index (χ1n) is 6.84. The average molecular weight is 255 g/mol. The van der Waals surface area contributed by atoms with Gasteiger partial charge in [-0.05, 0) is 61.2 Å². The molecule has 0 aliphatic carbocycles. The fourth-order valence-electron chi connectivity index (χ4n) is 2.32. The van der Waals surface area contributed by atoms with Crippen molar-refractivity contribution in [3.8, 4) is 0 Å². The number of aromatic nitrogens is 2. The molecule has 0 saturated carbocycles. The Morgan fingerprint density at radius 3 is 2.53 bits per heavy atom. The molecule has 1 atom stereocenters. The minimum absolute atomic E-state index is 0.367. The zero-order valence-electron chi connectivity index (χ0n) is 11.6. The number of nitrogens with one attached hydrogen (secondary N) is 1. The highest BCUT2D eigenvalue weighted by Gasteiger charge is 2.12. The molecule has 0 spiro atoms. The van der Waals surface area contributed by atoms with E-state index in [0.29, 0.717) is 6.04 Å². The molecule has 0 amide bonds. The quantitative estimate of drug-likeness (QED) is 0.862. The molecule has 2 rings (SSSR count). The molecule has 0 bridgehead atoms.